The molecule has 1 N–H and O–H groups in total. The van der Waals surface area contributed by atoms with Crippen LogP contribution in [0.1, 0.15) is 26.7 Å². The van der Waals surface area contributed by atoms with E-state index in [0.29, 0.717) is 12.0 Å². The standard InChI is InChI=1S/C16H26N2O/c1-4-13(2)16-12-18(10-6-9-17-16)14-7-5-8-15(11-14)19-3/h5,7-8,11,13,16-17H,4,6,9-10,12H2,1-3H3. The number of rotatable bonds is 4. The van der Waals surface area contributed by atoms with Gasteiger partial charge in [-0.3, -0.25) is 0 Å². The van der Waals surface area contributed by atoms with Crippen LogP contribution < -0.4 is 15.0 Å². The number of nitrogens with zero attached hydrogens (tertiary/aromatic N) is 1. The Kier molecular flexibility index (Phi) is 5.08. The van der Waals surface area contributed by atoms with Crippen molar-refractivity contribution < 1.29 is 4.74 Å². The SMILES string of the molecule is CCC(C)C1CN(c2cccc(OC)c2)CCCN1. The lowest BCUT2D eigenvalue weighted by molar-refractivity contribution is 0.383. The molecule has 19 heavy (non-hydrogen) atoms. The quantitative estimate of drug-likeness (QED) is 0.903. The number of ether oxygens (including phenoxy) is 1. The average Bonchev–Trinajstić information content (AvgIpc) is 2.72. The number of methoxy groups -OCH3 is 1. The molecular weight excluding hydrogens is 236 g/mol. The number of benzene rings is 1. The highest BCUT2D eigenvalue weighted by Gasteiger charge is 2.22. The van der Waals surface area contributed by atoms with Crippen molar-refractivity contribution in [3.63, 3.8) is 0 Å². The molecule has 106 valence electrons. The molecule has 1 heterocycles. The van der Waals surface area contributed by atoms with E-state index in [1.165, 1.54) is 18.5 Å². The molecule has 0 aliphatic carbocycles. The fraction of sp³-hybridized carbons (Fsp3) is 0.625. The molecule has 2 unspecified atom stereocenters. The summed E-state index contributed by atoms with van der Waals surface area (Å²) in [7, 11) is 1.73. The van der Waals surface area contributed by atoms with E-state index in [9.17, 15) is 0 Å². The Labute approximate surface area is 116 Å². The fourth-order valence-corrected chi connectivity index (χ4v) is 2.66. The summed E-state index contributed by atoms with van der Waals surface area (Å²) in [5.74, 6) is 1.65. The molecule has 0 amide bonds. The number of hydrogen-bond acceptors (Lipinski definition) is 3. The van der Waals surface area contributed by atoms with Crippen molar-refractivity contribution in [1.82, 2.24) is 5.32 Å². The first-order valence-electron chi connectivity index (χ1n) is 7.37. The topological polar surface area (TPSA) is 24.5 Å². The Balaban J connectivity index is 2.12. The molecule has 2 rings (SSSR count). The number of anilines is 1. The van der Waals surface area contributed by atoms with Crippen LogP contribution in [0.5, 0.6) is 5.75 Å². The van der Waals surface area contributed by atoms with Crippen molar-refractivity contribution in [3.8, 4) is 5.75 Å². The molecule has 0 saturated carbocycles. The predicted molar refractivity (Wildman–Crippen MR) is 81.1 cm³/mol. The maximum absolute atomic E-state index is 5.33. The molecule has 3 nitrogen and oxygen atoms in total. The van der Waals surface area contributed by atoms with Crippen LogP contribution in [-0.2, 0) is 0 Å². The summed E-state index contributed by atoms with van der Waals surface area (Å²) in [6.45, 7) is 7.94. The smallest absolute Gasteiger partial charge is 0.120 e. The third-order valence-electron chi connectivity index (χ3n) is 4.18. The minimum Gasteiger partial charge on any atom is -0.497 e. The van der Waals surface area contributed by atoms with Gasteiger partial charge >= 0.3 is 0 Å². The summed E-state index contributed by atoms with van der Waals surface area (Å²) in [5.41, 5.74) is 1.27. The molecule has 3 heteroatoms. The highest BCUT2D eigenvalue weighted by molar-refractivity contribution is 5.51. The lowest BCUT2D eigenvalue weighted by Gasteiger charge is -2.29. The largest absolute Gasteiger partial charge is 0.497 e. The highest BCUT2D eigenvalue weighted by atomic mass is 16.5. The minimum atomic E-state index is 0.582. The van der Waals surface area contributed by atoms with Crippen LogP contribution in [0.2, 0.25) is 0 Å². The third-order valence-corrected chi connectivity index (χ3v) is 4.18. The van der Waals surface area contributed by atoms with Gasteiger partial charge in [0.2, 0.25) is 0 Å². The first-order valence-corrected chi connectivity index (χ1v) is 7.37. The molecule has 1 aromatic carbocycles. The molecule has 1 fully saturated rings. The van der Waals surface area contributed by atoms with Crippen molar-refractivity contribution in [2.45, 2.75) is 32.7 Å². The van der Waals surface area contributed by atoms with Crippen molar-refractivity contribution in [2.75, 3.05) is 31.6 Å². The Morgan fingerprint density at radius 2 is 2.32 bits per heavy atom. The van der Waals surface area contributed by atoms with Crippen LogP contribution >= 0.6 is 0 Å². The Morgan fingerprint density at radius 1 is 1.47 bits per heavy atom. The third kappa shape index (κ3) is 3.63. The second kappa shape index (κ2) is 6.80. The maximum Gasteiger partial charge on any atom is 0.120 e. The van der Waals surface area contributed by atoms with Gasteiger partial charge in [-0.15, -0.1) is 0 Å². The summed E-state index contributed by atoms with van der Waals surface area (Å²) in [6.07, 6.45) is 2.42. The van der Waals surface area contributed by atoms with Gasteiger partial charge in [0.25, 0.3) is 0 Å². The van der Waals surface area contributed by atoms with Gasteiger partial charge in [0.15, 0.2) is 0 Å². The highest BCUT2D eigenvalue weighted by Crippen LogP contribution is 2.23. The average molecular weight is 262 g/mol. The molecule has 2 atom stereocenters. The van der Waals surface area contributed by atoms with Gasteiger partial charge in [-0.25, -0.2) is 0 Å². The van der Waals surface area contributed by atoms with Crippen LogP contribution in [0, 0.1) is 5.92 Å². The van der Waals surface area contributed by atoms with E-state index < -0.39 is 0 Å². The van der Waals surface area contributed by atoms with Crippen molar-refractivity contribution in [3.05, 3.63) is 24.3 Å². The second-order valence-corrected chi connectivity index (χ2v) is 5.45. The Morgan fingerprint density at radius 3 is 3.05 bits per heavy atom. The van der Waals surface area contributed by atoms with Gasteiger partial charge in [0, 0.05) is 30.9 Å². The van der Waals surface area contributed by atoms with Gasteiger partial charge in [0.1, 0.15) is 5.75 Å². The predicted octanol–water partition coefficient (Wildman–Crippen LogP) is 2.91. The van der Waals surface area contributed by atoms with Gasteiger partial charge in [-0.05, 0) is 31.0 Å². The first kappa shape index (κ1) is 14.2. The summed E-state index contributed by atoms with van der Waals surface area (Å²) in [6, 6.07) is 8.98. The second-order valence-electron chi connectivity index (χ2n) is 5.45. The van der Waals surface area contributed by atoms with Crippen LogP contribution in [0.15, 0.2) is 24.3 Å². The maximum atomic E-state index is 5.33. The van der Waals surface area contributed by atoms with E-state index >= 15 is 0 Å². The minimum absolute atomic E-state index is 0.582. The molecule has 1 aliphatic rings. The lowest BCUT2D eigenvalue weighted by Crippen LogP contribution is -2.42. The van der Waals surface area contributed by atoms with Crippen LogP contribution in [0.4, 0.5) is 5.69 Å². The van der Waals surface area contributed by atoms with Crippen molar-refractivity contribution in [1.29, 1.82) is 0 Å². The van der Waals surface area contributed by atoms with Crippen LogP contribution in [0.25, 0.3) is 0 Å². The zero-order valence-electron chi connectivity index (χ0n) is 12.4. The summed E-state index contributed by atoms with van der Waals surface area (Å²) >= 11 is 0. The van der Waals surface area contributed by atoms with E-state index in [1.807, 2.05) is 6.07 Å². The van der Waals surface area contributed by atoms with E-state index in [4.69, 9.17) is 4.74 Å². The lowest BCUT2D eigenvalue weighted by atomic mass is 9.99. The Hall–Kier alpha value is -1.22. The summed E-state index contributed by atoms with van der Waals surface area (Å²) in [4.78, 5) is 2.49. The van der Waals surface area contributed by atoms with E-state index in [-0.39, 0.29) is 0 Å². The van der Waals surface area contributed by atoms with E-state index in [2.05, 4.69) is 42.3 Å². The van der Waals surface area contributed by atoms with Crippen molar-refractivity contribution in [2.24, 2.45) is 5.92 Å². The molecule has 0 radical (unpaired) electrons. The van der Waals surface area contributed by atoms with Crippen LogP contribution in [-0.4, -0.2) is 32.8 Å². The number of nitrogens with one attached hydrogen (secondary N) is 1. The fourth-order valence-electron chi connectivity index (χ4n) is 2.66. The molecular formula is C16H26N2O. The molecule has 0 bridgehead atoms. The number of hydrogen-bond donors (Lipinski definition) is 1. The molecule has 1 saturated heterocycles. The molecule has 0 spiro atoms. The Bertz CT molecular complexity index is 394. The first-order chi connectivity index (χ1) is 9.24. The van der Waals surface area contributed by atoms with Crippen molar-refractivity contribution >= 4 is 5.69 Å². The van der Waals surface area contributed by atoms with Gasteiger partial charge < -0.3 is 15.0 Å². The monoisotopic (exact) mass is 262 g/mol. The molecule has 1 aromatic rings. The summed E-state index contributed by atoms with van der Waals surface area (Å²) < 4.78 is 5.33. The normalized spacial score (nSPS) is 21.8. The van der Waals surface area contributed by atoms with Gasteiger partial charge in [-0.1, -0.05) is 26.3 Å². The zero-order valence-corrected chi connectivity index (χ0v) is 12.4. The molecule has 1 aliphatic heterocycles. The molecule has 0 aromatic heterocycles. The van der Waals surface area contributed by atoms with Crippen LogP contribution in [0.3, 0.4) is 0 Å². The van der Waals surface area contributed by atoms with E-state index in [1.54, 1.807) is 7.11 Å². The van der Waals surface area contributed by atoms with Gasteiger partial charge in [-0.2, -0.15) is 0 Å². The zero-order chi connectivity index (χ0) is 13.7. The van der Waals surface area contributed by atoms with E-state index in [0.717, 1.165) is 25.4 Å². The summed E-state index contributed by atoms with van der Waals surface area (Å²) in [5, 5.41) is 3.69. The van der Waals surface area contributed by atoms with Gasteiger partial charge in [0.05, 0.1) is 7.11 Å².